The normalized spacial score (nSPS) is 11.2. The summed E-state index contributed by atoms with van der Waals surface area (Å²) in [5.41, 5.74) is -0.382. The van der Waals surface area contributed by atoms with Crippen molar-refractivity contribution in [3.63, 3.8) is 0 Å². The van der Waals surface area contributed by atoms with Crippen molar-refractivity contribution in [3.05, 3.63) is 0 Å². The fourth-order valence-corrected chi connectivity index (χ4v) is 0.230. The third kappa shape index (κ3) is 63.2. The van der Waals surface area contributed by atoms with Crippen LogP contribution in [0.25, 0.3) is 0 Å². The highest BCUT2D eigenvalue weighted by atomic mass is 17.3. The molecule has 0 aromatic rings. The first-order chi connectivity index (χ1) is 7.92. The molecule has 0 aliphatic rings. The van der Waals surface area contributed by atoms with E-state index in [-0.39, 0.29) is 5.60 Å². The highest BCUT2D eigenvalue weighted by Crippen LogP contribution is 2.08. The van der Waals surface area contributed by atoms with E-state index in [0.717, 1.165) is 0 Å². The van der Waals surface area contributed by atoms with Gasteiger partial charge in [-0.1, -0.05) is 0 Å². The second-order valence-electron chi connectivity index (χ2n) is 3.53. The molecule has 0 fully saturated rings. The lowest BCUT2D eigenvalue weighted by atomic mass is 10.2. The number of carbonyl (C=O) groups is 2. The molecule has 0 spiro atoms. The zero-order valence-corrected chi connectivity index (χ0v) is 10.4. The summed E-state index contributed by atoms with van der Waals surface area (Å²) in [6, 6.07) is 0. The average molecular weight is 274 g/mol. The summed E-state index contributed by atoms with van der Waals surface area (Å²) in [4.78, 5) is 30.3. The standard InChI is InChI=1S/C6H14O4.2CH2O3/c1-5(8-7)9-10-6(2,3)4;2*2-1(3)4/h5,7H,1-4H3;2*(H2,2,3,4). The van der Waals surface area contributed by atoms with Gasteiger partial charge in [0.1, 0.15) is 0 Å². The van der Waals surface area contributed by atoms with Crippen LogP contribution < -0.4 is 0 Å². The van der Waals surface area contributed by atoms with E-state index in [4.69, 9.17) is 40.2 Å². The molecule has 110 valence electrons. The first-order valence-electron chi connectivity index (χ1n) is 4.40. The second-order valence-corrected chi connectivity index (χ2v) is 3.53. The van der Waals surface area contributed by atoms with E-state index >= 15 is 0 Å². The minimum absolute atomic E-state index is 0.382. The van der Waals surface area contributed by atoms with Crippen LogP contribution in [0, 0.1) is 0 Å². The Morgan fingerprint density at radius 3 is 1.44 bits per heavy atom. The Morgan fingerprint density at radius 2 is 1.28 bits per heavy atom. The molecular formula is C8H18O10. The molecule has 0 bridgehead atoms. The van der Waals surface area contributed by atoms with E-state index in [9.17, 15) is 0 Å². The van der Waals surface area contributed by atoms with Gasteiger partial charge >= 0.3 is 12.3 Å². The predicted octanol–water partition coefficient (Wildman–Crippen LogP) is 2.01. The first-order valence-corrected chi connectivity index (χ1v) is 4.40. The van der Waals surface area contributed by atoms with Gasteiger partial charge in [0.05, 0.1) is 5.60 Å². The van der Waals surface area contributed by atoms with E-state index in [0.29, 0.717) is 0 Å². The Labute approximate surface area is 103 Å². The SMILES string of the molecule is CC(OO)OOC(C)(C)C.O=C(O)O.O=C(O)O. The minimum Gasteiger partial charge on any atom is -0.450 e. The molecule has 1 atom stereocenters. The van der Waals surface area contributed by atoms with E-state index in [1.54, 1.807) is 0 Å². The molecule has 0 heterocycles. The topological polar surface area (TPSA) is 163 Å². The molecule has 18 heavy (non-hydrogen) atoms. The monoisotopic (exact) mass is 274 g/mol. The van der Waals surface area contributed by atoms with Gasteiger partial charge in [0.15, 0.2) is 0 Å². The molecule has 0 radical (unpaired) electrons. The zero-order valence-electron chi connectivity index (χ0n) is 10.4. The second kappa shape index (κ2) is 11.9. The van der Waals surface area contributed by atoms with Gasteiger partial charge in [-0.05, 0) is 27.7 Å². The molecule has 0 amide bonds. The van der Waals surface area contributed by atoms with Crippen LogP contribution in [0.1, 0.15) is 27.7 Å². The van der Waals surface area contributed by atoms with Crippen molar-refractivity contribution >= 4 is 12.3 Å². The van der Waals surface area contributed by atoms with Crippen LogP contribution in [0.5, 0.6) is 0 Å². The smallest absolute Gasteiger partial charge is 0.450 e. The van der Waals surface area contributed by atoms with Crippen molar-refractivity contribution in [3.8, 4) is 0 Å². The Balaban J connectivity index is -0.000000233. The largest absolute Gasteiger partial charge is 0.503 e. The highest BCUT2D eigenvalue weighted by Gasteiger charge is 2.13. The van der Waals surface area contributed by atoms with Gasteiger partial charge in [0.25, 0.3) is 0 Å². The maximum Gasteiger partial charge on any atom is 0.503 e. The molecule has 0 saturated heterocycles. The molecular weight excluding hydrogens is 256 g/mol. The molecule has 0 aliphatic carbocycles. The van der Waals surface area contributed by atoms with Crippen LogP contribution in [0.2, 0.25) is 0 Å². The van der Waals surface area contributed by atoms with Gasteiger partial charge in [-0.25, -0.2) is 29.5 Å². The zero-order chi connectivity index (χ0) is 15.4. The summed E-state index contributed by atoms with van der Waals surface area (Å²) in [5, 5.41) is 35.9. The Morgan fingerprint density at radius 1 is 1.00 bits per heavy atom. The van der Waals surface area contributed by atoms with Crippen LogP contribution in [-0.4, -0.2) is 49.9 Å². The van der Waals surface area contributed by atoms with Crippen molar-refractivity contribution in [2.24, 2.45) is 0 Å². The fraction of sp³-hybridized carbons (Fsp3) is 0.750. The average Bonchev–Trinajstić information content (AvgIpc) is 2.11. The number of hydrogen-bond donors (Lipinski definition) is 5. The molecule has 0 aromatic carbocycles. The van der Waals surface area contributed by atoms with E-state index in [1.807, 2.05) is 20.8 Å². The third-order valence-electron chi connectivity index (χ3n) is 0.582. The van der Waals surface area contributed by atoms with E-state index in [2.05, 4.69) is 9.78 Å². The highest BCUT2D eigenvalue weighted by molar-refractivity contribution is 5.53. The Kier molecular flexibility index (Phi) is 14.3. The van der Waals surface area contributed by atoms with Gasteiger partial charge in [-0.3, -0.25) is 0 Å². The molecule has 1 unspecified atom stereocenters. The summed E-state index contributed by atoms with van der Waals surface area (Å²) < 4.78 is 0. The maximum absolute atomic E-state index is 8.56. The van der Waals surface area contributed by atoms with Crippen molar-refractivity contribution in [1.82, 2.24) is 0 Å². The van der Waals surface area contributed by atoms with Gasteiger partial charge in [-0.15, -0.1) is 0 Å². The minimum atomic E-state index is -1.83. The van der Waals surface area contributed by atoms with Gasteiger partial charge < -0.3 is 20.4 Å². The van der Waals surface area contributed by atoms with Crippen LogP contribution in [0.4, 0.5) is 9.59 Å². The molecule has 0 aliphatic heterocycles. The lowest BCUT2D eigenvalue weighted by Gasteiger charge is -2.19. The molecule has 10 heteroatoms. The summed E-state index contributed by atoms with van der Waals surface area (Å²) in [7, 11) is 0. The van der Waals surface area contributed by atoms with E-state index in [1.165, 1.54) is 6.92 Å². The number of rotatable bonds is 3. The van der Waals surface area contributed by atoms with Gasteiger partial charge in [0.2, 0.25) is 6.29 Å². The summed E-state index contributed by atoms with van der Waals surface area (Å²) in [6.45, 7) is 7.01. The van der Waals surface area contributed by atoms with Crippen molar-refractivity contribution in [2.45, 2.75) is 39.6 Å². The summed E-state index contributed by atoms with van der Waals surface area (Å²) in [6.07, 6.45) is -4.42. The van der Waals surface area contributed by atoms with Gasteiger partial charge in [0, 0.05) is 0 Å². The van der Waals surface area contributed by atoms with Crippen LogP contribution in [0.15, 0.2) is 0 Å². The van der Waals surface area contributed by atoms with Crippen molar-refractivity contribution in [1.29, 1.82) is 0 Å². The lowest BCUT2D eigenvalue weighted by Crippen LogP contribution is -2.23. The molecule has 0 rings (SSSR count). The molecule has 0 saturated carbocycles. The molecule has 10 nitrogen and oxygen atoms in total. The molecule has 0 aromatic heterocycles. The first kappa shape index (κ1) is 21.6. The third-order valence-corrected chi connectivity index (χ3v) is 0.582. The van der Waals surface area contributed by atoms with Crippen molar-refractivity contribution in [2.75, 3.05) is 0 Å². The summed E-state index contributed by atoms with van der Waals surface area (Å²) >= 11 is 0. The van der Waals surface area contributed by atoms with Crippen LogP contribution in [0.3, 0.4) is 0 Å². The quantitative estimate of drug-likeness (QED) is 0.292. The van der Waals surface area contributed by atoms with Crippen molar-refractivity contribution < 1.29 is 49.9 Å². The summed E-state index contributed by atoms with van der Waals surface area (Å²) in [5.74, 6) is 0. The predicted molar refractivity (Wildman–Crippen MR) is 56.4 cm³/mol. The number of carboxylic acid groups (broad SMARTS) is 4. The Bertz CT molecular complexity index is 200. The lowest BCUT2D eigenvalue weighted by molar-refractivity contribution is -0.465. The van der Waals surface area contributed by atoms with Crippen LogP contribution in [-0.2, 0) is 14.7 Å². The maximum atomic E-state index is 8.56. The van der Waals surface area contributed by atoms with Gasteiger partial charge in [-0.2, -0.15) is 0 Å². The van der Waals surface area contributed by atoms with E-state index < -0.39 is 18.6 Å². The number of hydrogen-bond acceptors (Lipinski definition) is 6. The molecule has 5 N–H and O–H groups in total. The fourth-order valence-electron chi connectivity index (χ4n) is 0.230. The van der Waals surface area contributed by atoms with Crippen LogP contribution >= 0.6 is 0 Å². The Hall–Kier alpha value is -1.62.